The number of rotatable bonds is 12. The van der Waals surface area contributed by atoms with Crippen LogP contribution in [0.4, 0.5) is 0 Å². The number of aliphatic hydroxyl groups is 1. The molecule has 0 spiro atoms. The van der Waals surface area contributed by atoms with Crippen LogP contribution in [0.25, 0.3) is 11.1 Å². The maximum absolute atomic E-state index is 13.6. The molecule has 10 rings (SSSR count). The lowest BCUT2D eigenvalue weighted by Gasteiger charge is -2.50. The van der Waals surface area contributed by atoms with Crippen molar-refractivity contribution in [2.24, 2.45) is 5.92 Å². The quantitative estimate of drug-likeness (QED) is 0.0764. The summed E-state index contributed by atoms with van der Waals surface area (Å²) in [6, 6.07) is 49.0. The molecule has 278 valence electrons. The van der Waals surface area contributed by atoms with Crippen molar-refractivity contribution >= 4 is 11.9 Å². The van der Waals surface area contributed by atoms with Crippen molar-refractivity contribution < 1.29 is 33.6 Å². The van der Waals surface area contributed by atoms with Crippen LogP contribution in [0.5, 0.6) is 11.5 Å². The highest BCUT2D eigenvalue weighted by Gasteiger charge is 2.56. The number of ether oxygens (including phenoxy) is 4. The standard InChI is InChI=1S/C49H40O7/c1-2-46(50)55-29-27-53-34-23-19-32(20-24-34)48(41-15-7-3-11-36(41)37-12-4-8-16-42(37)48)33-21-25-35(26-22-33)54-28-30-56-47(51)45-31-40-38-13-5-9-17-43(38)49(45,52)44-18-10-6-14-39(40)44/h2-26,40,45,52H,1,27-31H2. The van der Waals surface area contributed by atoms with Crippen molar-refractivity contribution in [3.63, 3.8) is 0 Å². The van der Waals surface area contributed by atoms with E-state index in [1.165, 1.54) is 22.3 Å². The molecule has 6 aromatic rings. The van der Waals surface area contributed by atoms with Crippen LogP contribution in [0.3, 0.4) is 0 Å². The first-order valence-corrected chi connectivity index (χ1v) is 19.0. The van der Waals surface area contributed by atoms with E-state index in [0.29, 0.717) is 17.9 Å². The molecule has 4 aliphatic carbocycles. The second kappa shape index (κ2) is 14.3. The van der Waals surface area contributed by atoms with E-state index in [4.69, 9.17) is 18.9 Å². The highest BCUT2D eigenvalue weighted by atomic mass is 16.6. The zero-order valence-corrected chi connectivity index (χ0v) is 30.7. The van der Waals surface area contributed by atoms with Gasteiger partial charge in [-0.25, -0.2) is 4.79 Å². The number of hydrogen-bond donors (Lipinski definition) is 1. The van der Waals surface area contributed by atoms with E-state index in [-0.39, 0.29) is 32.3 Å². The van der Waals surface area contributed by atoms with Gasteiger partial charge in [0.05, 0.1) is 11.3 Å². The van der Waals surface area contributed by atoms with Crippen molar-refractivity contribution in [2.75, 3.05) is 26.4 Å². The third kappa shape index (κ3) is 5.61. The van der Waals surface area contributed by atoms with E-state index < -0.39 is 28.9 Å². The first-order valence-electron chi connectivity index (χ1n) is 19.0. The molecule has 4 aliphatic rings. The molecular formula is C49H40O7. The third-order valence-electron chi connectivity index (χ3n) is 11.6. The first-order chi connectivity index (χ1) is 27.4. The normalized spacial score (nSPS) is 19.1. The van der Waals surface area contributed by atoms with E-state index in [1.54, 1.807) is 0 Å². The summed E-state index contributed by atoms with van der Waals surface area (Å²) in [4.78, 5) is 25.1. The number of fused-ring (bicyclic) bond motifs is 4. The van der Waals surface area contributed by atoms with Crippen LogP contribution in [0.1, 0.15) is 56.8 Å². The van der Waals surface area contributed by atoms with Gasteiger partial charge in [0, 0.05) is 12.0 Å². The lowest BCUT2D eigenvalue weighted by Crippen LogP contribution is -2.50. The fourth-order valence-electron chi connectivity index (χ4n) is 9.30. The van der Waals surface area contributed by atoms with Gasteiger partial charge in [-0.2, -0.15) is 0 Å². The molecule has 1 N–H and O–H groups in total. The molecule has 0 radical (unpaired) electrons. The molecule has 0 fully saturated rings. The molecule has 1 atom stereocenters. The van der Waals surface area contributed by atoms with Gasteiger partial charge in [-0.05, 0) is 86.3 Å². The molecule has 0 aromatic heterocycles. The van der Waals surface area contributed by atoms with Crippen LogP contribution >= 0.6 is 0 Å². The predicted octanol–water partition coefficient (Wildman–Crippen LogP) is 8.48. The topological polar surface area (TPSA) is 91.3 Å². The molecule has 1 unspecified atom stereocenters. The minimum atomic E-state index is -1.45. The maximum Gasteiger partial charge on any atom is 0.330 e. The summed E-state index contributed by atoms with van der Waals surface area (Å²) in [5.41, 5.74) is 8.50. The minimum Gasteiger partial charge on any atom is -0.490 e. The van der Waals surface area contributed by atoms with Gasteiger partial charge in [0.15, 0.2) is 0 Å². The van der Waals surface area contributed by atoms with E-state index >= 15 is 0 Å². The number of benzene rings is 6. The largest absolute Gasteiger partial charge is 0.490 e. The Morgan fingerprint density at radius 1 is 0.589 bits per heavy atom. The van der Waals surface area contributed by atoms with Crippen molar-refractivity contribution in [1.29, 1.82) is 0 Å². The third-order valence-corrected chi connectivity index (χ3v) is 11.6. The SMILES string of the molecule is C=CC(=O)OCCOc1ccc(C2(c3ccc(OCCOC(=O)C4CC5c6ccccc6C4(O)c4ccccc45)cc3)c3ccccc3-c3ccccc32)cc1. The van der Waals surface area contributed by atoms with Gasteiger partial charge in [-0.1, -0.05) is 128 Å². The Bertz CT molecular complexity index is 2360. The number of hydrogen-bond acceptors (Lipinski definition) is 7. The number of carbonyl (C=O) groups excluding carboxylic acids is 2. The Labute approximate surface area is 325 Å². The summed E-state index contributed by atoms with van der Waals surface area (Å²) in [6.07, 6.45) is 1.62. The van der Waals surface area contributed by atoms with Gasteiger partial charge in [0.25, 0.3) is 0 Å². The van der Waals surface area contributed by atoms with E-state index in [9.17, 15) is 14.7 Å². The van der Waals surface area contributed by atoms with Gasteiger partial charge in [0.1, 0.15) is 43.5 Å². The predicted molar refractivity (Wildman–Crippen MR) is 213 cm³/mol. The molecule has 0 saturated heterocycles. The molecular weight excluding hydrogens is 701 g/mol. The van der Waals surface area contributed by atoms with Gasteiger partial charge < -0.3 is 24.1 Å². The fraction of sp³-hybridized carbons (Fsp3) is 0.184. The Morgan fingerprint density at radius 2 is 1.04 bits per heavy atom. The average molecular weight is 741 g/mol. The zero-order chi connectivity index (χ0) is 38.3. The molecule has 7 heteroatoms. The molecule has 56 heavy (non-hydrogen) atoms. The number of carbonyl (C=O) groups is 2. The summed E-state index contributed by atoms with van der Waals surface area (Å²) >= 11 is 0. The van der Waals surface area contributed by atoms with Crippen LogP contribution in [0, 0.1) is 5.92 Å². The van der Waals surface area contributed by atoms with E-state index in [0.717, 1.165) is 39.5 Å². The molecule has 2 bridgehead atoms. The molecule has 0 amide bonds. The summed E-state index contributed by atoms with van der Waals surface area (Å²) < 4.78 is 22.9. The lowest BCUT2D eigenvalue weighted by atomic mass is 9.56. The number of esters is 2. The zero-order valence-electron chi connectivity index (χ0n) is 30.7. The van der Waals surface area contributed by atoms with Crippen molar-refractivity contribution in [3.8, 4) is 22.6 Å². The smallest absolute Gasteiger partial charge is 0.330 e. The second-order valence-electron chi connectivity index (χ2n) is 14.4. The molecule has 0 heterocycles. The van der Waals surface area contributed by atoms with Gasteiger partial charge >= 0.3 is 11.9 Å². The van der Waals surface area contributed by atoms with Gasteiger partial charge in [-0.3, -0.25) is 4.79 Å². The van der Waals surface area contributed by atoms with Crippen molar-refractivity contribution in [1.82, 2.24) is 0 Å². The van der Waals surface area contributed by atoms with Crippen LogP contribution < -0.4 is 9.47 Å². The van der Waals surface area contributed by atoms with Gasteiger partial charge in [-0.15, -0.1) is 0 Å². The fourth-order valence-corrected chi connectivity index (χ4v) is 9.30. The Balaban J connectivity index is 0.927. The van der Waals surface area contributed by atoms with Crippen LogP contribution in [0.15, 0.2) is 158 Å². The lowest BCUT2D eigenvalue weighted by molar-refractivity contribution is -0.160. The average Bonchev–Trinajstić information content (AvgIpc) is 3.55. The summed E-state index contributed by atoms with van der Waals surface area (Å²) in [5, 5.41) is 12.3. The minimum absolute atomic E-state index is 0.0256. The van der Waals surface area contributed by atoms with Crippen molar-refractivity contribution in [3.05, 3.63) is 203 Å². The Hall–Kier alpha value is -6.44. The van der Waals surface area contributed by atoms with Crippen LogP contribution in [0.2, 0.25) is 0 Å². The van der Waals surface area contributed by atoms with Crippen LogP contribution in [-0.4, -0.2) is 43.5 Å². The van der Waals surface area contributed by atoms with Gasteiger partial charge in [0.2, 0.25) is 0 Å². The molecule has 0 saturated carbocycles. The van der Waals surface area contributed by atoms with Crippen LogP contribution in [-0.2, 0) is 30.1 Å². The highest BCUT2D eigenvalue weighted by molar-refractivity contribution is 5.86. The Kier molecular flexibility index (Phi) is 9.02. The summed E-state index contributed by atoms with van der Waals surface area (Å²) in [7, 11) is 0. The van der Waals surface area contributed by atoms with E-state index in [1.807, 2.05) is 60.7 Å². The van der Waals surface area contributed by atoms with E-state index in [2.05, 4.69) is 91.5 Å². The van der Waals surface area contributed by atoms with Crippen molar-refractivity contribution in [2.45, 2.75) is 23.4 Å². The molecule has 6 aromatic carbocycles. The molecule has 7 nitrogen and oxygen atoms in total. The first kappa shape index (κ1) is 35.3. The summed E-state index contributed by atoms with van der Waals surface area (Å²) in [5.74, 6) is -0.274. The highest BCUT2D eigenvalue weighted by Crippen LogP contribution is 2.58. The Morgan fingerprint density at radius 3 is 1.54 bits per heavy atom. The summed E-state index contributed by atoms with van der Waals surface area (Å²) in [6.45, 7) is 3.99. The maximum atomic E-state index is 13.6. The monoisotopic (exact) mass is 740 g/mol. The molecule has 0 aliphatic heterocycles. The second-order valence-corrected chi connectivity index (χ2v) is 14.4.